The van der Waals surface area contributed by atoms with Gasteiger partial charge in [-0.15, -0.1) is 0 Å². The van der Waals surface area contributed by atoms with Gasteiger partial charge in [-0.25, -0.2) is 5.43 Å². The molecular weight excluding hydrogens is 304 g/mol. The van der Waals surface area contributed by atoms with E-state index in [1.54, 1.807) is 32.4 Å². The summed E-state index contributed by atoms with van der Waals surface area (Å²) in [6.45, 7) is 1.90. The van der Waals surface area contributed by atoms with E-state index in [-0.39, 0.29) is 5.91 Å². The summed E-state index contributed by atoms with van der Waals surface area (Å²) in [5.74, 6) is 0.819. The molecule has 0 spiro atoms. The van der Waals surface area contributed by atoms with E-state index in [2.05, 4.69) is 22.7 Å². The predicted molar refractivity (Wildman–Crippen MR) is 94.9 cm³/mol. The summed E-state index contributed by atoms with van der Waals surface area (Å²) < 4.78 is 10.3. The first kappa shape index (κ1) is 17.5. The summed E-state index contributed by atoms with van der Waals surface area (Å²) in [6.07, 6.45) is 1.67. The van der Waals surface area contributed by atoms with Crippen molar-refractivity contribution < 1.29 is 14.3 Å². The number of amides is 1. The second kappa shape index (κ2) is 8.72. The first-order valence-electron chi connectivity index (χ1n) is 7.73. The predicted octanol–water partition coefficient (Wildman–Crippen LogP) is 3.44. The first-order valence-corrected chi connectivity index (χ1v) is 7.73. The summed E-state index contributed by atoms with van der Waals surface area (Å²) in [4.78, 5) is 12.2. The number of nitrogens with zero attached hydrogens (tertiary/aromatic N) is 1. The zero-order valence-electron chi connectivity index (χ0n) is 14.2. The van der Waals surface area contributed by atoms with Crippen LogP contribution in [0.1, 0.15) is 29.3 Å². The summed E-state index contributed by atoms with van der Waals surface area (Å²) in [5.41, 5.74) is 5.12. The molecule has 2 aromatic carbocycles. The van der Waals surface area contributed by atoms with Crippen LogP contribution in [0.15, 0.2) is 53.6 Å². The van der Waals surface area contributed by atoms with Crippen molar-refractivity contribution in [3.8, 4) is 11.5 Å². The van der Waals surface area contributed by atoms with Gasteiger partial charge in [-0.2, -0.15) is 5.10 Å². The fourth-order valence-corrected chi connectivity index (χ4v) is 2.18. The van der Waals surface area contributed by atoms with E-state index in [9.17, 15) is 4.79 Å². The number of methoxy groups -OCH3 is 2. The minimum absolute atomic E-state index is 0.300. The number of aryl methyl sites for hydroxylation is 1. The number of benzene rings is 2. The third-order valence-electron chi connectivity index (χ3n) is 3.58. The number of carbonyl (C=O) groups is 1. The van der Waals surface area contributed by atoms with Gasteiger partial charge < -0.3 is 9.47 Å². The lowest BCUT2D eigenvalue weighted by atomic mass is 10.1. The zero-order valence-corrected chi connectivity index (χ0v) is 14.2. The quantitative estimate of drug-likeness (QED) is 0.626. The van der Waals surface area contributed by atoms with Crippen LogP contribution >= 0.6 is 0 Å². The highest BCUT2D eigenvalue weighted by atomic mass is 16.5. The number of ether oxygens (including phenoxy) is 2. The Balaban J connectivity index is 1.96. The smallest absolute Gasteiger partial charge is 0.271 e. The van der Waals surface area contributed by atoms with Crippen molar-refractivity contribution >= 4 is 11.6 Å². The highest BCUT2D eigenvalue weighted by molar-refractivity contribution is 5.96. The van der Waals surface area contributed by atoms with Crippen molar-refractivity contribution in [2.75, 3.05) is 14.2 Å². The van der Waals surface area contributed by atoms with Gasteiger partial charge in [-0.1, -0.05) is 30.3 Å². The van der Waals surface area contributed by atoms with Gasteiger partial charge in [0.25, 0.3) is 5.91 Å². The molecule has 1 amide bonds. The molecule has 0 aliphatic carbocycles. The van der Waals surface area contributed by atoms with Crippen LogP contribution in [0, 0.1) is 0 Å². The average molecular weight is 326 g/mol. The van der Waals surface area contributed by atoms with E-state index >= 15 is 0 Å². The number of hydrazone groups is 1. The fraction of sp³-hybridized carbons (Fsp3) is 0.263. The highest BCUT2D eigenvalue weighted by Crippen LogP contribution is 2.22. The number of rotatable bonds is 7. The van der Waals surface area contributed by atoms with E-state index in [0.717, 1.165) is 18.6 Å². The molecule has 0 fully saturated rings. The molecule has 126 valence electrons. The number of hydrogen-bond acceptors (Lipinski definition) is 4. The first-order chi connectivity index (χ1) is 11.6. The van der Waals surface area contributed by atoms with Crippen molar-refractivity contribution in [3.05, 3.63) is 59.7 Å². The molecule has 0 radical (unpaired) electrons. The van der Waals surface area contributed by atoms with Gasteiger partial charge in [0.1, 0.15) is 11.5 Å². The molecule has 5 heteroatoms. The van der Waals surface area contributed by atoms with Gasteiger partial charge in [0.2, 0.25) is 0 Å². The van der Waals surface area contributed by atoms with E-state index in [1.807, 2.05) is 25.1 Å². The minimum Gasteiger partial charge on any atom is -0.497 e. The van der Waals surface area contributed by atoms with Crippen molar-refractivity contribution in [1.29, 1.82) is 0 Å². The maximum absolute atomic E-state index is 12.2. The second-order valence-electron chi connectivity index (χ2n) is 5.37. The molecule has 0 heterocycles. The van der Waals surface area contributed by atoms with E-state index in [0.29, 0.717) is 17.1 Å². The molecule has 24 heavy (non-hydrogen) atoms. The average Bonchev–Trinajstić information content (AvgIpc) is 2.64. The highest BCUT2D eigenvalue weighted by Gasteiger charge is 2.09. The van der Waals surface area contributed by atoms with E-state index in [4.69, 9.17) is 9.47 Å². The SMILES string of the molecule is COc1cc(OC)cc(C(=O)N/N=C(/C)CCc2ccccc2)c1. The molecule has 0 bridgehead atoms. The topological polar surface area (TPSA) is 59.9 Å². The van der Waals surface area contributed by atoms with Crippen molar-refractivity contribution in [1.82, 2.24) is 5.43 Å². The third kappa shape index (κ3) is 5.12. The van der Waals surface area contributed by atoms with Crippen LogP contribution in [-0.2, 0) is 6.42 Å². The summed E-state index contributed by atoms with van der Waals surface area (Å²) >= 11 is 0. The van der Waals surface area contributed by atoms with Crippen molar-refractivity contribution in [2.45, 2.75) is 19.8 Å². The Bertz CT molecular complexity index is 690. The lowest BCUT2D eigenvalue weighted by Crippen LogP contribution is -2.19. The molecule has 1 N–H and O–H groups in total. The van der Waals surface area contributed by atoms with E-state index < -0.39 is 0 Å². The largest absolute Gasteiger partial charge is 0.497 e. The molecule has 0 aliphatic heterocycles. The van der Waals surface area contributed by atoms with Crippen LogP contribution in [-0.4, -0.2) is 25.8 Å². The van der Waals surface area contributed by atoms with Gasteiger partial charge in [0, 0.05) is 17.3 Å². The zero-order chi connectivity index (χ0) is 17.4. The lowest BCUT2D eigenvalue weighted by Gasteiger charge is -2.08. The number of nitrogens with one attached hydrogen (secondary N) is 1. The molecule has 0 saturated heterocycles. The molecule has 0 aliphatic rings. The number of carbonyl (C=O) groups excluding carboxylic acids is 1. The van der Waals surface area contributed by atoms with Crippen LogP contribution in [0.25, 0.3) is 0 Å². The van der Waals surface area contributed by atoms with Crippen LogP contribution < -0.4 is 14.9 Å². The molecule has 0 unspecified atom stereocenters. The second-order valence-corrected chi connectivity index (χ2v) is 5.37. The molecule has 0 atom stereocenters. The Morgan fingerprint density at radius 3 is 2.25 bits per heavy atom. The molecule has 2 aromatic rings. The third-order valence-corrected chi connectivity index (χ3v) is 3.58. The lowest BCUT2D eigenvalue weighted by molar-refractivity contribution is 0.0954. The Kier molecular flexibility index (Phi) is 6.37. The Labute approximate surface area is 142 Å². The van der Waals surface area contributed by atoms with Gasteiger partial charge in [0.15, 0.2) is 0 Å². The normalized spacial score (nSPS) is 11.0. The summed E-state index contributed by atoms with van der Waals surface area (Å²) in [6, 6.07) is 15.2. The Hall–Kier alpha value is -2.82. The van der Waals surface area contributed by atoms with Gasteiger partial charge in [-0.3, -0.25) is 4.79 Å². The summed E-state index contributed by atoms with van der Waals surface area (Å²) in [5, 5.41) is 4.16. The van der Waals surface area contributed by atoms with Gasteiger partial charge in [0.05, 0.1) is 14.2 Å². The molecule has 0 aromatic heterocycles. The number of hydrogen-bond donors (Lipinski definition) is 1. The molecule has 0 saturated carbocycles. The monoisotopic (exact) mass is 326 g/mol. The summed E-state index contributed by atoms with van der Waals surface area (Å²) in [7, 11) is 3.09. The molecule has 5 nitrogen and oxygen atoms in total. The Morgan fingerprint density at radius 1 is 1.04 bits per heavy atom. The van der Waals surface area contributed by atoms with Crippen molar-refractivity contribution in [2.24, 2.45) is 5.10 Å². The maximum atomic E-state index is 12.2. The van der Waals surface area contributed by atoms with Crippen LogP contribution in [0.3, 0.4) is 0 Å². The minimum atomic E-state index is -0.300. The van der Waals surface area contributed by atoms with Crippen molar-refractivity contribution in [3.63, 3.8) is 0 Å². The molecular formula is C19H22N2O3. The van der Waals surface area contributed by atoms with Gasteiger partial charge >= 0.3 is 0 Å². The Morgan fingerprint density at radius 2 is 1.67 bits per heavy atom. The van der Waals surface area contributed by atoms with Crippen LogP contribution in [0.5, 0.6) is 11.5 Å². The maximum Gasteiger partial charge on any atom is 0.271 e. The van der Waals surface area contributed by atoms with Gasteiger partial charge in [-0.05, 0) is 37.5 Å². The van der Waals surface area contributed by atoms with Crippen LogP contribution in [0.2, 0.25) is 0 Å². The molecule has 2 rings (SSSR count). The van der Waals surface area contributed by atoms with E-state index in [1.165, 1.54) is 5.56 Å². The van der Waals surface area contributed by atoms with Crippen LogP contribution in [0.4, 0.5) is 0 Å². The fourth-order valence-electron chi connectivity index (χ4n) is 2.18. The standard InChI is InChI=1S/C19H22N2O3/c1-14(9-10-15-7-5-4-6-8-15)20-21-19(22)16-11-17(23-2)13-18(12-16)24-3/h4-8,11-13H,9-10H2,1-3H3,(H,21,22)/b20-14-.